The van der Waals surface area contributed by atoms with Crippen LogP contribution in [0.3, 0.4) is 0 Å². The van der Waals surface area contributed by atoms with Crippen molar-refractivity contribution in [2.45, 2.75) is 31.7 Å². The summed E-state index contributed by atoms with van der Waals surface area (Å²) in [5.41, 5.74) is 0. The Morgan fingerprint density at radius 2 is 2.14 bits per heavy atom. The number of carbonyl (C=O) groups excluding carboxylic acids is 4. The van der Waals surface area contributed by atoms with Crippen molar-refractivity contribution >= 4 is 35.5 Å². The Bertz CT molecular complexity index is 708. The first-order chi connectivity index (χ1) is 13.3. The van der Waals surface area contributed by atoms with Gasteiger partial charge in [0.25, 0.3) is 5.91 Å². The van der Waals surface area contributed by atoms with Gasteiger partial charge >= 0.3 is 5.97 Å². The number of thioether (sulfide) groups is 1. The average molecular weight is 411 g/mol. The van der Waals surface area contributed by atoms with Gasteiger partial charge in [0, 0.05) is 26.3 Å². The number of ether oxygens (including phenoxy) is 1. The molecule has 0 spiro atoms. The standard InChI is InChI=1S/C18H25N3O6S/c1-4-7-19-15(23)9-20(3)16(24)10-27-18(25)13-11-28-17(21(13)12(2)22)14-6-5-8-26-14/h5-6,8,13,17H,4,7,9-11H2,1-3H3,(H,19,23)/t13-,17-/m0/s1. The molecule has 154 valence electrons. The van der Waals surface area contributed by atoms with Crippen LogP contribution in [0, 0.1) is 0 Å². The molecule has 0 aliphatic carbocycles. The van der Waals surface area contributed by atoms with Gasteiger partial charge in [-0.25, -0.2) is 4.79 Å². The first-order valence-electron chi connectivity index (χ1n) is 8.96. The third-order valence-electron chi connectivity index (χ3n) is 4.14. The fourth-order valence-electron chi connectivity index (χ4n) is 2.69. The zero-order valence-electron chi connectivity index (χ0n) is 16.2. The zero-order chi connectivity index (χ0) is 20.7. The number of carbonyl (C=O) groups is 4. The topological polar surface area (TPSA) is 109 Å². The number of likely N-dealkylation sites (N-methyl/N-ethyl adjacent to an activating group) is 1. The zero-order valence-corrected chi connectivity index (χ0v) is 17.0. The molecule has 3 amide bonds. The lowest BCUT2D eigenvalue weighted by molar-refractivity contribution is -0.158. The molecular weight excluding hydrogens is 386 g/mol. The fourth-order valence-corrected chi connectivity index (χ4v) is 4.10. The molecule has 2 rings (SSSR count). The third kappa shape index (κ3) is 5.51. The van der Waals surface area contributed by atoms with E-state index in [1.807, 2.05) is 6.92 Å². The lowest BCUT2D eigenvalue weighted by Crippen LogP contribution is -2.44. The van der Waals surface area contributed by atoms with Crippen LogP contribution >= 0.6 is 11.8 Å². The van der Waals surface area contributed by atoms with Crippen molar-refractivity contribution in [2.75, 3.05) is 32.5 Å². The van der Waals surface area contributed by atoms with E-state index >= 15 is 0 Å². The van der Waals surface area contributed by atoms with Gasteiger partial charge in [0.15, 0.2) is 6.61 Å². The van der Waals surface area contributed by atoms with Crippen LogP contribution in [-0.2, 0) is 23.9 Å². The number of amides is 3. The summed E-state index contributed by atoms with van der Waals surface area (Å²) < 4.78 is 10.5. The fraction of sp³-hybridized carbons (Fsp3) is 0.556. The Morgan fingerprint density at radius 3 is 2.75 bits per heavy atom. The summed E-state index contributed by atoms with van der Waals surface area (Å²) in [6, 6.07) is 2.65. The predicted octanol–water partition coefficient (Wildman–Crippen LogP) is 0.770. The number of hydrogen-bond donors (Lipinski definition) is 1. The smallest absolute Gasteiger partial charge is 0.330 e. The lowest BCUT2D eigenvalue weighted by atomic mass is 10.2. The van der Waals surface area contributed by atoms with Gasteiger partial charge in [-0.1, -0.05) is 6.92 Å². The number of furan rings is 1. The second-order valence-corrected chi connectivity index (χ2v) is 7.46. The lowest BCUT2D eigenvalue weighted by Gasteiger charge is -2.26. The third-order valence-corrected chi connectivity index (χ3v) is 5.42. The molecule has 10 heteroatoms. The minimum atomic E-state index is -0.802. The monoisotopic (exact) mass is 411 g/mol. The molecule has 0 bridgehead atoms. The molecule has 0 aromatic carbocycles. The van der Waals surface area contributed by atoms with Crippen molar-refractivity contribution in [3.05, 3.63) is 24.2 Å². The van der Waals surface area contributed by atoms with Gasteiger partial charge in [-0.2, -0.15) is 0 Å². The maximum absolute atomic E-state index is 12.5. The van der Waals surface area contributed by atoms with E-state index in [-0.39, 0.29) is 18.4 Å². The van der Waals surface area contributed by atoms with Crippen molar-refractivity contribution < 1.29 is 28.3 Å². The van der Waals surface area contributed by atoms with Gasteiger partial charge in [-0.15, -0.1) is 11.8 Å². The quantitative estimate of drug-likeness (QED) is 0.629. The largest absolute Gasteiger partial charge is 0.466 e. The minimum Gasteiger partial charge on any atom is -0.466 e. The maximum Gasteiger partial charge on any atom is 0.330 e. The summed E-state index contributed by atoms with van der Waals surface area (Å²) in [7, 11) is 1.46. The Balaban J connectivity index is 1.88. The number of hydrogen-bond acceptors (Lipinski definition) is 7. The Hall–Kier alpha value is -2.49. The van der Waals surface area contributed by atoms with Crippen LogP contribution < -0.4 is 5.32 Å². The molecule has 2 heterocycles. The first-order valence-corrected chi connectivity index (χ1v) is 10.0. The SMILES string of the molecule is CCCNC(=O)CN(C)C(=O)COC(=O)[C@@H]1CS[C@@H](c2ccco2)N1C(C)=O. The second kappa shape index (κ2) is 10.2. The summed E-state index contributed by atoms with van der Waals surface area (Å²) in [4.78, 5) is 50.9. The first kappa shape index (κ1) is 21.8. The van der Waals surface area contributed by atoms with Crippen LogP contribution in [0.4, 0.5) is 0 Å². The van der Waals surface area contributed by atoms with E-state index in [1.54, 1.807) is 12.1 Å². The van der Waals surface area contributed by atoms with Crippen molar-refractivity contribution in [2.24, 2.45) is 0 Å². The van der Waals surface area contributed by atoms with Crippen LogP contribution in [0.15, 0.2) is 22.8 Å². The summed E-state index contributed by atoms with van der Waals surface area (Å²) >= 11 is 1.39. The molecule has 0 saturated carbocycles. The van der Waals surface area contributed by atoms with E-state index in [0.717, 1.165) is 6.42 Å². The number of nitrogens with zero attached hydrogens (tertiary/aromatic N) is 2. The molecule has 1 N–H and O–H groups in total. The molecule has 0 unspecified atom stereocenters. The van der Waals surface area contributed by atoms with Gasteiger partial charge in [-0.05, 0) is 18.6 Å². The minimum absolute atomic E-state index is 0.115. The molecule has 1 aromatic rings. The van der Waals surface area contributed by atoms with Gasteiger partial charge in [0.1, 0.15) is 17.2 Å². The number of nitrogens with one attached hydrogen (secondary N) is 1. The van der Waals surface area contributed by atoms with Gasteiger partial charge in [0.05, 0.1) is 12.8 Å². The maximum atomic E-state index is 12.5. The van der Waals surface area contributed by atoms with Crippen LogP contribution in [0.2, 0.25) is 0 Å². The van der Waals surface area contributed by atoms with E-state index in [9.17, 15) is 19.2 Å². The Kier molecular flexibility index (Phi) is 7.91. The Labute approximate surface area is 167 Å². The molecule has 9 nitrogen and oxygen atoms in total. The Morgan fingerprint density at radius 1 is 1.39 bits per heavy atom. The highest BCUT2D eigenvalue weighted by Crippen LogP contribution is 2.41. The molecule has 1 aliphatic heterocycles. The van der Waals surface area contributed by atoms with Crippen LogP contribution in [0.25, 0.3) is 0 Å². The van der Waals surface area contributed by atoms with E-state index in [1.165, 1.54) is 41.8 Å². The average Bonchev–Trinajstić information content (AvgIpc) is 3.32. The molecule has 1 fully saturated rings. The second-order valence-electron chi connectivity index (χ2n) is 6.35. The molecule has 1 aliphatic rings. The summed E-state index contributed by atoms with van der Waals surface area (Å²) in [5, 5.41) is 2.26. The van der Waals surface area contributed by atoms with E-state index in [2.05, 4.69) is 5.32 Å². The normalized spacial score (nSPS) is 18.6. The van der Waals surface area contributed by atoms with Crippen LogP contribution in [0.5, 0.6) is 0 Å². The van der Waals surface area contributed by atoms with Gasteiger partial charge in [-0.3, -0.25) is 14.4 Å². The van der Waals surface area contributed by atoms with Crippen LogP contribution in [0.1, 0.15) is 31.4 Å². The van der Waals surface area contributed by atoms with Crippen molar-refractivity contribution in [3.8, 4) is 0 Å². The van der Waals surface area contributed by atoms with Crippen LogP contribution in [-0.4, -0.2) is 72.0 Å². The van der Waals surface area contributed by atoms with Crippen molar-refractivity contribution in [1.29, 1.82) is 0 Å². The molecular formula is C18H25N3O6S. The van der Waals surface area contributed by atoms with E-state index in [0.29, 0.717) is 18.1 Å². The summed E-state index contributed by atoms with van der Waals surface area (Å²) in [5.74, 6) is -0.807. The highest BCUT2D eigenvalue weighted by Gasteiger charge is 2.43. The highest BCUT2D eigenvalue weighted by molar-refractivity contribution is 7.99. The molecule has 0 radical (unpaired) electrons. The van der Waals surface area contributed by atoms with Gasteiger partial charge < -0.3 is 24.3 Å². The van der Waals surface area contributed by atoms with Crippen molar-refractivity contribution in [3.63, 3.8) is 0 Å². The molecule has 2 atom stereocenters. The number of rotatable bonds is 8. The molecule has 1 saturated heterocycles. The number of esters is 1. The van der Waals surface area contributed by atoms with Crippen molar-refractivity contribution in [1.82, 2.24) is 15.1 Å². The summed E-state index contributed by atoms with van der Waals surface area (Å²) in [6.07, 6.45) is 2.30. The van der Waals surface area contributed by atoms with Gasteiger partial charge in [0.2, 0.25) is 11.8 Å². The summed E-state index contributed by atoms with van der Waals surface area (Å²) in [6.45, 7) is 3.23. The van der Waals surface area contributed by atoms with E-state index in [4.69, 9.17) is 9.15 Å². The molecule has 28 heavy (non-hydrogen) atoms. The van der Waals surface area contributed by atoms with E-state index < -0.39 is 29.9 Å². The molecule has 1 aromatic heterocycles. The highest BCUT2D eigenvalue weighted by atomic mass is 32.2. The predicted molar refractivity (Wildman–Crippen MR) is 102 cm³/mol.